The smallest absolute Gasteiger partial charge is 0.410 e. The number of hydrogen-bond donors (Lipinski definition) is 0. The van der Waals surface area contributed by atoms with E-state index in [0.717, 1.165) is 50.5 Å². The third-order valence-electron chi connectivity index (χ3n) is 10.8. The molecule has 4 atom stereocenters. The van der Waals surface area contributed by atoms with Gasteiger partial charge in [-0.3, -0.25) is 14.8 Å². The molecule has 0 aliphatic carbocycles. The summed E-state index contributed by atoms with van der Waals surface area (Å²) in [5.41, 5.74) is -0.0771. The number of alkyl halides is 1. The van der Waals surface area contributed by atoms with Gasteiger partial charge in [0.1, 0.15) is 35.9 Å². The van der Waals surface area contributed by atoms with Crippen molar-refractivity contribution in [2.45, 2.75) is 88.6 Å². The van der Waals surface area contributed by atoms with Crippen molar-refractivity contribution in [3.63, 3.8) is 0 Å². The van der Waals surface area contributed by atoms with Gasteiger partial charge in [-0.05, 0) is 77.3 Å². The van der Waals surface area contributed by atoms with Gasteiger partial charge in [0.15, 0.2) is 5.82 Å². The van der Waals surface area contributed by atoms with E-state index in [1.807, 2.05) is 56.0 Å². The van der Waals surface area contributed by atoms with Crippen LogP contribution in [0.5, 0.6) is 6.01 Å². The van der Waals surface area contributed by atoms with Crippen LogP contribution in [-0.2, 0) is 4.74 Å². The largest absolute Gasteiger partial charge is 0.461 e. The number of rotatable bonds is 6. The molecular weight excluding hydrogens is 650 g/mol. The van der Waals surface area contributed by atoms with Crippen LogP contribution in [0.1, 0.15) is 59.3 Å². The monoisotopic (exact) mass is 690 g/mol. The van der Waals surface area contributed by atoms with Gasteiger partial charge in [-0.15, -0.1) is 0 Å². The molecule has 9 nitrogen and oxygen atoms in total. The molecule has 6 heterocycles. The van der Waals surface area contributed by atoms with E-state index in [4.69, 9.17) is 26.1 Å². The molecule has 12 heteroatoms. The van der Waals surface area contributed by atoms with Crippen molar-refractivity contribution < 1.29 is 23.0 Å². The highest BCUT2D eigenvalue weighted by molar-refractivity contribution is 6.36. The van der Waals surface area contributed by atoms with Crippen LogP contribution in [0.2, 0.25) is 5.02 Å². The molecule has 4 aliphatic heterocycles. The normalized spacial score (nSPS) is 25.4. The first kappa shape index (κ1) is 32.4. The summed E-state index contributed by atoms with van der Waals surface area (Å²) in [6, 6.07) is 11.0. The Hall–Kier alpha value is -3.83. The third kappa shape index (κ3) is 5.62. The van der Waals surface area contributed by atoms with E-state index in [1.54, 1.807) is 12.3 Å². The zero-order valence-electron chi connectivity index (χ0n) is 28.1. The Morgan fingerprint density at radius 2 is 1.82 bits per heavy atom. The average Bonchev–Trinajstić information content (AvgIpc) is 3.72. The van der Waals surface area contributed by atoms with Gasteiger partial charge >= 0.3 is 12.1 Å². The number of nitrogens with zero attached hydrogens (tertiary/aromatic N) is 6. The summed E-state index contributed by atoms with van der Waals surface area (Å²) < 4.78 is 42.9. The van der Waals surface area contributed by atoms with Crippen molar-refractivity contribution in [2.24, 2.45) is 0 Å². The molecule has 4 saturated heterocycles. The molecule has 0 saturated carbocycles. The lowest BCUT2D eigenvalue weighted by atomic mass is 9.95. The zero-order chi connectivity index (χ0) is 34.1. The lowest BCUT2D eigenvalue weighted by molar-refractivity contribution is 0.0122. The number of fused-ring (bicyclic) bond motifs is 5. The van der Waals surface area contributed by atoms with Crippen molar-refractivity contribution in [1.29, 1.82) is 0 Å². The maximum Gasteiger partial charge on any atom is 0.410 e. The van der Waals surface area contributed by atoms with Crippen LogP contribution >= 0.6 is 11.6 Å². The fraction of sp³-hybridized carbons (Fsp3) is 0.514. The fourth-order valence-corrected chi connectivity index (χ4v) is 8.96. The molecule has 2 aromatic heterocycles. The van der Waals surface area contributed by atoms with Crippen LogP contribution in [0, 0.1) is 5.82 Å². The summed E-state index contributed by atoms with van der Waals surface area (Å²) in [5, 5.41) is 2.55. The molecule has 0 spiro atoms. The minimum atomic E-state index is -0.601. The highest BCUT2D eigenvalue weighted by Gasteiger charge is 2.50. The standard InChI is InChI=1S/C37H41ClF2N6O3/c1-36(2,3)49-35(47)46-24-11-12-25(46)20-44(19-24)33-27-18-41-31(26-9-4-7-22-8-5-10-28(38)29(22)26)30(40)32(27)42-34(43-33)48-21-37-14-6-16-45(37)23(17-39)13-15-37/h4-5,7-10,18,23-25H,6,11-17,19-21H2,1-3H3/t23-,24-,25+,37+/m0/s1. The molecule has 4 aromatic rings. The predicted molar refractivity (Wildman–Crippen MR) is 186 cm³/mol. The van der Waals surface area contributed by atoms with Crippen molar-refractivity contribution in [3.05, 3.63) is 53.4 Å². The molecule has 2 aromatic carbocycles. The maximum atomic E-state index is 16.9. The number of carbonyl (C=O) groups is 1. The molecule has 2 bridgehead atoms. The van der Waals surface area contributed by atoms with Gasteiger partial charge in [0.2, 0.25) is 0 Å². The molecule has 0 radical (unpaired) electrons. The Morgan fingerprint density at radius 3 is 2.55 bits per heavy atom. The van der Waals surface area contributed by atoms with Gasteiger partial charge in [0.25, 0.3) is 0 Å². The van der Waals surface area contributed by atoms with Crippen molar-refractivity contribution in [3.8, 4) is 17.3 Å². The molecule has 49 heavy (non-hydrogen) atoms. The number of anilines is 1. The highest BCUT2D eigenvalue weighted by atomic mass is 35.5. The number of benzene rings is 2. The number of hydrogen-bond acceptors (Lipinski definition) is 8. The van der Waals surface area contributed by atoms with Crippen molar-refractivity contribution >= 4 is 45.2 Å². The topological polar surface area (TPSA) is 83.9 Å². The van der Waals surface area contributed by atoms with Gasteiger partial charge in [0.05, 0.1) is 23.0 Å². The summed E-state index contributed by atoms with van der Waals surface area (Å²) in [6.07, 6.45) is 6.49. The van der Waals surface area contributed by atoms with E-state index in [9.17, 15) is 9.18 Å². The predicted octanol–water partition coefficient (Wildman–Crippen LogP) is 7.57. The van der Waals surface area contributed by atoms with Crippen LogP contribution < -0.4 is 9.64 Å². The Balaban J connectivity index is 1.19. The van der Waals surface area contributed by atoms with E-state index < -0.39 is 11.4 Å². The van der Waals surface area contributed by atoms with E-state index in [1.165, 1.54) is 0 Å². The van der Waals surface area contributed by atoms with Crippen molar-refractivity contribution in [2.75, 3.05) is 37.8 Å². The summed E-state index contributed by atoms with van der Waals surface area (Å²) >= 11 is 6.64. The first-order chi connectivity index (χ1) is 23.5. The molecular formula is C37H41ClF2N6O3. The van der Waals surface area contributed by atoms with Crippen LogP contribution in [0.25, 0.3) is 32.9 Å². The van der Waals surface area contributed by atoms with E-state index in [2.05, 4.69) is 19.8 Å². The van der Waals surface area contributed by atoms with E-state index >= 15 is 4.39 Å². The number of halogens is 3. The minimum absolute atomic E-state index is 0.0707. The van der Waals surface area contributed by atoms with Crippen LogP contribution in [0.3, 0.4) is 0 Å². The van der Waals surface area contributed by atoms with Crippen LogP contribution in [0.15, 0.2) is 42.6 Å². The lowest BCUT2D eigenvalue weighted by Gasteiger charge is -2.42. The van der Waals surface area contributed by atoms with Gasteiger partial charge in [0, 0.05) is 41.3 Å². The van der Waals surface area contributed by atoms with Gasteiger partial charge in [-0.1, -0.05) is 41.9 Å². The second-order valence-electron chi connectivity index (χ2n) is 15.0. The number of piperazine rings is 1. The highest BCUT2D eigenvalue weighted by Crippen LogP contribution is 2.44. The average molecular weight is 691 g/mol. The Kier molecular flexibility index (Phi) is 8.06. The quantitative estimate of drug-likeness (QED) is 0.205. The molecule has 4 aliphatic rings. The molecule has 1 amide bonds. The Bertz CT molecular complexity index is 1920. The fourth-order valence-electron chi connectivity index (χ4n) is 8.67. The Labute approximate surface area is 289 Å². The molecule has 258 valence electrons. The van der Waals surface area contributed by atoms with E-state index in [-0.39, 0.29) is 53.7 Å². The summed E-state index contributed by atoms with van der Waals surface area (Å²) in [6.45, 7) is 7.36. The van der Waals surface area contributed by atoms with Crippen molar-refractivity contribution in [1.82, 2.24) is 24.8 Å². The first-order valence-electron chi connectivity index (χ1n) is 17.3. The number of carbonyl (C=O) groups excluding carboxylic acids is 1. The zero-order valence-corrected chi connectivity index (χ0v) is 28.8. The molecule has 0 N–H and O–H groups in total. The summed E-state index contributed by atoms with van der Waals surface area (Å²) in [4.78, 5) is 33.7. The number of aromatic nitrogens is 3. The van der Waals surface area contributed by atoms with Gasteiger partial charge < -0.3 is 14.4 Å². The van der Waals surface area contributed by atoms with Gasteiger partial charge in [-0.25, -0.2) is 13.6 Å². The van der Waals surface area contributed by atoms with Crippen LogP contribution in [0.4, 0.5) is 19.4 Å². The molecule has 8 rings (SSSR count). The first-order valence-corrected chi connectivity index (χ1v) is 17.7. The number of amides is 1. The summed E-state index contributed by atoms with van der Waals surface area (Å²) in [5.74, 6) is -0.0729. The molecule has 4 fully saturated rings. The summed E-state index contributed by atoms with van der Waals surface area (Å²) in [7, 11) is 0. The number of ether oxygens (including phenoxy) is 2. The SMILES string of the molecule is CC(C)(C)OC(=O)N1[C@@H]2CC[C@H]1CN(c1nc(OC[C@]34CCCN3[C@H](CF)CC4)nc3c(F)c(-c4cccc5cccc(Cl)c45)ncc13)C2. The maximum absolute atomic E-state index is 16.9. The second kappa shape index (κ2) is 12.2. The third-order valence-corrected chi connectivity index (χ3v) is 11.1. The van der Waals surface area contributed by atoms with Crippen LogP contribution in [-0.4, -0.2) is 93.0 Å². The Morgan fingerprint density at radius 1 is 1.06 bits per heavy atom. The second-order valence-corrected chi connectivity index (χ2v) is 15.4. The minimum Gasteiger partial charge on any atom is -0.461 e. The molecule has 0 unspecified atom stereocenters. The number of pyridine rings is 1. The van der Waals surface area contributed by atoms with Gasteiger partial charge in [-0.2, -0.15) is 9.97 Å². The van der Waals surface area contributed by atoms with E-state index in [0.29, 0.717) is 46.9 Å². The lowest BCUT2D eigenvalue weighted by Crippen LogP contribution is -2.57.